The molecule has 0 saturated carbocycles. The summed E-state index contributed by atoms with van der Waals surface area (Å²) in [6.45, 7) is 6.07. The molecule has 0 aliphatic heterocycles. The Balaban J connectivity index is 1.87. The number of nitrogen functional groups attached to an aromatic ring is 1. The van der Waals surface area contributed by atoms with E-state index in [1.807, 2.05) is 26.8 Å². The van der Waals surface area contributed by atoms with Gasteiger partial charge in [0, 0.05) is 0 Å². The summed E-state index contributed by atoms with van der Waals surface area (Å²) in [6, 6.07) is 1.87. The number of nitrogens with two attached hydrogens (primary N) is 1. The molecular weight excluding hydrogens is 272 g/mol. The van der Waals surface area contributed by atoms with Crippen LogP contribution in [0.15, 0.2) is 14.9 Å². The second-order valence-corrected chi connectivity index (χ2v) is 4.76. The molecule has 21 heavy (non-hydrogen) atoms. The molecule has 0 aliphatic carbocycles. The molecule has 8 nitrogen and oxygen atoms in total. The smallest absolute Gasteiger partial charge is 0.251 e. The van der Waals surface area contributed by atoms with Crippen molar-refractivity contribution in [2.45, 2.75) is 33.7 Å². The molecular formula is C13H16N6O2. The predicted octanol–water partition coefficient (Wildman–Crippen LogP) is 1.73. The number of hydrogen-bond donors (Lipinski definition) is 1. The lowest BCUT2D eigenvalue weighted by Gasteiger charge is -2.00. The molecule has 0 atom stereocenters. The van der Waals surface area contributed by atoms with Crippen LogP contribution in [0.2, 0.25) is 0 Å². The third kappa shape index (κ3) is 2.39. The summed E-state index contributed by atoms with van der Waals surface area (Å²) < 4.78 is 12.8. The van der Waals surface area contributed by atoms with E-state index in [0.717, 1.165) is 29.2 Å². The van der Waals surface area contributed by atoms with Crippen LogP contribution in [0, 0.1) is 13.8 Å². The maximum Gasteiger partial charge on any atom is 0.251 e. The van der Waals surface area contributed by atoms with Gasteiger partial charge < -0.3 is 14.6 Å². The molecule has 0 aliphatic rings. The van der Waals surface area contributed by atoms with Gasteiger partial charge in [0.2, 0.25) is 5.89 Å². The van der Waals surface area contributed by atoms with Crippen LogP contribution in [-0.2, 0) is 13.0 Å². The maximum atomic E-state index is 5.75. The summed E-state index contributed by atoms with van der Waals surface area (Å²) in [5, 5.41) is 15.9. The molecule has 0 spiro atoms. The fourth-order valence-corrected chi connectivity index (χ4v) is 2.23. The predicted molar refractivity (Wildman–Crippen MR) is 74.4 cm³/mol. The van der Waals surface area contributed by atoms with Gasteiger partial charge in [-0.15, -0.1) is 15.3 Å². The normalized spacial score (nSPS) is 11.2. The van der Waals surface area contributed by atoms with Gasteiger partial charge in [-0.1, -0.05) is 12.1 Å². The zero-order valence-electron chi connectivity index (χ0n) is 12.1. The quantitative estimate of drug-likeness (QED) is 0.778. The van der Waals surface area contributed by atoms with Crippen molar-refractivity contribution in [3.63, 3.8) is 0 Å². The summed E-state index contributed by atoms with van der Waals surface area (Å²) in [5.41, 5.74) is 7.41. The van der Waals surface area contributed by atoms with Gasteiger partial charge >= 0.3 is 0 Å². The minimum Gasteiger partial charge on any atom is -0.466 e. The topological polar surface area (TPSA) is 109 Å². The molecule has 0 radical (unpaired) electrons. The first-order valence-electron chi connectivity index (χ1n) is 6.66. The number of anilines is 1. The minimum absolute atomic E-state index is 0.344. The van der Waals surface area contributed by atoms with Crippen molar-refractivity contribution in [1.29, 1.82) is 0 Å². The molecule has 0 aromatic carbocycles. The lowest BCUT2D eigenvalue weighted by atomic mass is 10.2. The highest BCUT2D eigenvalue weighted by Crippen LogP contribution is 2.25. The van der Waals surface area contributed by atoms with Gasteiger partial charge in [0.15, 0.2) is 5.82 Å². The lowest BCUT2D eigenvalue weighted by molar-refractivity contribution is 0.461. The fraction of sp³-hybridized carbons (Fsp3) is 0.385. The number of furan rings is 1. The average molecular weight is 288 g/mol. The van der Waals surface area contributed by atoms with Gasteiger partial charge in [-0.05, 0) is 26.3 Å². The summed E-state index contributed by atoms with van der Waals surface area (Å²) in [7, 11) is 0. The Morgan fingerprint density at radius 2 is 2.00 bits per heavy atom. The maximum absolute atomic E-state index is 5.75. The molecule has 3 aromatic rings. The fourth-order valence-electron chi connectivity index (χ4n) is 2.23. The van der Waals surface area contributed by atoms with E-state index in [-0.39, 0.29) is 0 Å². The highest BCUT2D eigenvalue weighted by Gasteiger charge is 2.16. The van der Waals surface area contributed by atoms with E-state index in [1.54, 1.807) is 4.68 Å². The number of hydrogen-bond acceptors (Lipinski definition) is 7. The van der Waals surface area contributed by atoms with Crippen LogP contribution in [-0.4, -0.2) is 25.2 Å². The highest BCUT2D eigenvalue weighted by atomic mass is 16.4. The van der Waals surface area contributed by atoms with Crippen LogP contribution in [0.3, 0.4) is 0 Å². The van der Waals surface area contributed by atoms with Crippen LogP contribution in [0.4, 0.5) is 5.82 Å². The first kappa shape index (κ1) is 13.3. The molecule has 0 fully saturated rings. The van der Waals surface area contributed by atoms with Crippen molar-refractivity contribution in [3.8, 4) is 11.5 Å². The van der Waals surface area contributed by atoms with Crippen LogP contribution < -0.4 is 5.73 Å². The third-order valence-electron chi connectivity index (χ3n) is 3.23. The second-order valence-electron chi connectivity index (χ2n) is 4.76. The molecule has 2 N–H and O–H groups in total. The van der Waals surface area contributed by atoms with E-state index in [1.165, 1.54) is 0 Å². The Bertz CT molecular complexity index is 770. The van der Waals surface area contributed by atoms with Gasteiger partial charge in [0.1, 0.15) is 18.1 Å². The van der Waals surface area contributed by atoms with Crippen molar-refractivity contribution < 1.29 is 8.83 Å². The molecule has 0 unspecified atom stereocenters. The summed E-state index contributed by atoms with van der Waals surface area (Å²) >= 11 is 0. The van der Waals surface area contributed by atoms with Crippen LogP contribution in [0.1, 0.15) is 30.0 Å². The number of rotatable bonds is 4. The van der Waals surface area contributed by atoms with Crippen molar-refractivity contribution in [2.75, 3.05) is 5.73 Å². The van der Waals surface area contributed by atoms with Crippen LogP contribution in [0.25, 0.3) is 11.5 Å². The monoisotopic (exact) mass is 288 g/mol. The summed E-state index contributed by atoms with van der Waals surface area (Å²) in [6.07, 6.45) is 0.736. The Morgan fingerprint density at radius 3 is 2.67 bits per heavy atom. The SMILES string of the molecule is CCc1c(N)nnn1Cc1nnc(-c2cc(C)oc2C)o1. The number of nitrogens with zero attached hydrogens (tertiary/aromatic N) is 5. The van der Waals surface area contributed by atoms with Gasteiger partial charge in [0.05, 0.1) is 11.3 Å². The van der Waals surface area contributed by atoms with Crippen LogP contribution >= 0.6 is 0 Å². The molecule has 0 bridgehead atoms. The second kappa shape index (κ2) is 5.04. The zero-order valence-corrected chi connectivity index (χ0v) is 12.1. The van der Waals surface area contributed by atoms with Crippen molar-refractivity contribution >= 4 is 5.82 Å². The largest absolute Gasteiger partial charge is 0.466 e. The van der Waals surface area contributed by atoms with E-state index in [2.05, 4.69) is 20.5 Å². The first-order chi connectivity index (χ1) is 10.1. The molecule has 110 valence electrons. The molecule has 0 saturated heterocycles. The molecule has 0 amide bonds. The van der Waals surface area contributed by atoms with E-state index >= 15 is 0 Å². The van der Waals surface area contributed by atoms with Gasteiger partial charge in [0.25, 0.3) is 5.89 Å². The number of aromatic nitrogens is 5. The van der Waals surface area contributed by atoms with E-state index in [9.17, 15) is 0 Å². The average Bonchev–Trinajstić information content (AvgIpc) is 3.11. The van der Waals surface area contributed by atoms with Crippen molar-refractivity contribution in [1.82, 2.24) is 25.2 Å². The van der Waals surface area contributed by atoms with Crippen molar-refractivity contribution in [2.24, 2.45) is 0 Å². The highest BCUT2D eigenvalue weighted by molar-refractivity contribution is 5.55. The zero-order chi connectivity index (χ0) is 15.0. The molecule has 3 rings (SSSR count). The Hall–Kier alpha value is -2.64. The lowest BCUT2D eigenvalue weighted by Crippen LogP contribution is -2.07. The van der Waals surface area contributed by atoms with Gasteiger partial charge in [-0.3, -0.25) is 0 Å². The Labute approximate surface area is 121 Å². The van der Waals surface area contributed by atoms with E-state index in [0.29, 0.717) is 24.1 Å². The third-order valence-corrected chi connectivity index (χ3v) is 3.23. The van der Waals surface area contributed by atoms with E-state index < -0.39 is 0 Å². The van der Waals surface area contributed by atoms with Gasteiger partial charge in [-0.2, -0.15) is 0 Å². The molecule has 8 heteroatoms. The van der Waals surface area contributed by atoms with Crippen LogP contribution in [0.5, 0.6) is 0 Å². The van der Waals surface area contributed by atoms with E-state index in [4.69, 9.17) is 14.6 Å². The summed E-state index contributed by atoms with van der Waals surface area (Å²) in [4.78, 5) is 0. The standard InChI is InChI=1S/C13H16N6O2/c1-4-10-12(14)16-18-19(10)6-11-15-17-13(21-11)9-5-7(2)20-8(9)3/h5H,4,6,14H2,1-3H3. The molecule has 3 aromatic heterocycles. The first-order valence-corrected chi connectivity index (χ1v) is 6.66. The molecule has 3 heterocycles. The Kier molecular flexibility index (Phi) is 3.20. The number of aryl methyl sites for hydroxylation is 2. The minimum atomic E-state index is 0.344. The van der Waals surface area contributed by atoms with Gasteiger partial charge in [-0.25, -0.2) is 4.68 Å². The van der Waals surface area contributed by atoms with Crippen molar-refractivity contribution in [3.05, 3.63) is 29.2 Å². The Morgan fingerprint density at radius 1 is 1.19 bits per heavy atom. The summed E-state index contributed by atoms with van der Waals surface area (Å²) in [5.74, 6) is 2.87.